The van der Waals surface area contributed by atoms with E-state index in [1.165, 1.54) is 12.1 Å². The fourth-order valence-electron chi connectivity index (χ4n) is 2.26. The van der Waals surface area contributed by atoms with E-state index in [0.717, 1.165) is 24.3 Å². The second-order valence-corrected chi connectivity index (χ2v) is 5.59. The summed E-state index contributed by atoms with van der Waals surface area (Å²) in [6.45, 7) is 5.12. The van der Waals surface area contributed by atoms with Crippen LogP contribution in [0.4, 0.5) is 4.39 Å². The zero-order valence-corrected chi connectivity index (χ0v) is 13.8. The van der Waals surface area contributed by atoms with Gasteiger partial charge < -0.3 is 10.1 Å². The SMILES string of the molecule is CCNC(CC)c1ccccc1Oc1ccc(F)cc1Br. The normalized spacial score (nSPS) is 12.2. The fourth-order valence-corrected chi connectivity index (χ4v) is 2.69. The molecule has 1 N–H and O–H groups in total. The highest BCUT2D eigenvalue weighted by Crippen LogP contribution is 2.34. The highest BCUT2D eigenvalue weighted by Gasteiger charge is 2.14. The third-order valence-electron chi connectivity index (χ3n) is 3.27. The summed E-state index contributed by atoms with van der Waals surface area (Å²) in [5, 5.41) is 3.45. The van der Waals surface area contributed by atoms with Gasteiger partial charge in [0.05, 0.1) is 4.47 Å². The maximum absolute atomic E-state index is 13.2. The minimum atomic E-state index is -0.290. The quantitative estimate of drug-likeness (QED) is 0.747. The van der Waals surface area contributed by atoms with E-state index < -0.39 is 0 Å². The van der Waals surface area contributed by atoms with Gasteiger partial charge in [0.25, 0.3) is 0 Å². The molecular weight excluding hydrogens is 333 g/mol. The first-order valence-electron chi connectivity index (χ1n) is 7.10. The summed E-state index contributed by atoms with van der Waals surface area (Å²) in [7, 11) is 0. The molecule has 2 aromatic rings. The van der Waals surface area contributed by atoms with Crippen molar-refractivity contribution in [2.75, 3.05) is 6.54 Å². The second kappa shape index (κ2) is 7.57. The lowest BCUT2D eigenvalue weighted by Gasteiger charge is -2.20. The summed E-state index contributed by atoms with van der Waals surface area (Å²) >= 11 is 3.33. The molecule has 0 aliphatic carbocycles. The molecule has 0 amide bonds. The first-order valence-corrected chi connectivity index (χ1v) is 7.90. The zero-order chi connectivity index (χ0) is 15.2. The predicted octanol–water partition coefficient (Wildman–Crippen LogP) is 5.44. The van der Waals surface area contributed by atoms with Crippen LogP contribution in [-0.2, 0) is 0 Å². The molecule has 2 rings (SSSR count). The molecular formula is C17H19BrFNO. The van der Waals surface area contributed by atoms with Crippen molar-refractivity contribution in [2.45, 2.75) is 26.3 Å². The lowest BCUT2D eigenvalue weighted by Crippen LogP contribution is -2.20. The largest absolute Gasteiger partial charge is 0.456 e. The lowest BCUT2D eigenvalue weighted by atomic mass is 10.0. The number of hydrogen-bond donors (Lipinski definition) is 1. The number of halogens is 2. The number of nitrogens with one attached hydrogen (secondary N) is 1. The molecule has 112 valence electrons. The van der Waals surface area contributed by atoms with Gasteiger partial charge in [0.1, 0.15) is 17.3 Å². The van der Waals surface area contributed by atoms with Crippen molar-refractivity contribution in [1.82, 2.24) is 5.32 Å². The summed E-state index contributed by atoms with van der Waals surface area (Å²) < 4.78 is 19.7. The Morgan fingerprint density at radius 3 is 2.57 bits per heavy atom. The second-order valence-electron chi connectivity index (χ2n) is 4.73. The van der Waals surface area contributed by atoms with Crippen LogP contribution < -0.4 is 10.1 Å². The third kappa shape index (κ3) is 4.05. The van der Waals surface area contributed by atoms with Crippen LogP contribution in [0.15, 0.2) is 46.9 Å². The van der Waals surface area contributed by atoms with Gasteiger partial charge >= 0.3 is 0 Å². The molecule has 0 radical (unpaired) electrons. The summed E-state index contributed by atoms with van der Waals surface area (Å²) in [6, 6.07) is 12.6. The molecule has 1 atom stereocenters. The topological polar surface area (TPSA) is 21.3 Å². The summed E-state index contributed by atoms with van der Waals surface area (Å²) in [5.74, 6) is 1.11. The molecule has 0 saturated carbocycles. The van der Waals surface area contributed by atoms with Crippen molar-refractivity contribution >= 4 is 15.9 Å². The van der Waals surface area contributed by atoms with Gasteiger partial charge in [-0.25, -0.2) is 4.39 Å². The van der Waals surface area contributed by atoms with Crippen LogP contribution in [0, 0.1) is 5.82 Å². The van der Waals surface area contributed by atoms with Crippen molar-refractivity contribution in [3.05, 3.63) is 58.3 Å². The third-order valence-corrected chi connectivity index (χ3v) is 3.89. The van der Waals surface area contributed by atoms with Gasteiger partial charge in [0, 0.05) is 11.6 Å². The molecule has 0 aromatic heterocycles. The smallest absolute Gasteiger partial charge is 0.141 e. The van der Waals surface area contributed by atoms with Crippen LogP contribution >= 0.6 is 15.9 Å². The van der Waals surface area contributed by atoms with E-state index in [4.69, 9.17) is 4.74 Å². The van der Waals surface area contributed by atoms with E-state index in [-0.39, 0.29) is 11.9 Å². The molecule has 4 heteroatoms. The maximum Gasteiger partial charge on any atom is 0.141 e. The van der Waals surface area contributed by atoms with Crippen molar-refractivity contribution in [3.8, 4) is 11.5 Å². The molecule has 1 unspecified atom stereocenters. The van der Waals surface area contributed by atoms with Gasteiger partial charge in [-0.15, -0.1) is 0 Å². The predicted molar refractivity (Wildman–Crippen MR) is 87.3 cm³/mol. The van der Waals surface area contributed by atoms with E-state index in [1.54, 1.807) is 6.07 Å². The number of rotatable bonds is 6. The minimum absolute atomic E-state index is 0.241. The van der Waals surface area contributed by atoms with Crippen LogP contribution in [0.25, 0.3) is 0 Å². The molecule has 0 aliphatic rings. The monoisotopic (exact) mass is 351 g/mol. The van der Waals surface area contributed by atoms with E-state index in [0.29, 0.717) is 10.2 Å². The maximum atomic E-state index is 13.2. The van der Waals surface area contributed by atoms with Gasteiger partial charge in [-0.3, -0.25) is 0 Å². The first-order chi connectivity index (χ1) is 10.2. The van der Waals surface area contributed by atoms with Crippen molar-refractivity contribution in [1.29, 1.82) is 0 Å². The standard InChI is InChI=1S/C17H19BrFNO/c1-3-15(20-4-2)13-7-5-6-8-16(13)21-17-10-9-12(19)11-14(17)18/h5-11,15,20H,3-4H2,1-2H3. The number of ether oxygens (including phenoxy) is 1. The van der Waals surface area contributed by atoms with Crippen molar-refractivity contribution < 1.29 is 9.13 Å². The molecule has 0 spiro atoms. The zero-order valence-electron chi connectivity index (χ0n) is 12.2. The van der Waals surface area contributed by atoms with Gasteiger partial charge in [0.2, 0.25) is 0 Å². The van der Waals surface area contributed by atoms with Crippen LogP contribution in [-0.4, -0.2) is 6.54 Å². The summed E-state index contributed by atoms with van der Waals surface area (Å²) in [5.41, 5.74) is 1.11. The number of para-hydroxylation sites is 1. The molecule has 0 heterocycles. The van der Waals surface area contributed by atoms with E-state index in [1.807, 2.05) is 18.2 Å². The van der Waals surface area contributed by atoms with Crippen molar-refractivity contribution in [2.24, 2.45) is 0 Å². The Morgan fingerprint density at radius 1 is 1.14 bits per heavy atom. The Balaban J connectivity index is 2.31. The molecule has 0 aliphatic heterocycles. The molecule has 21 heavy (non-hydrogen) atoms. The number of benzene rings is 2. The summed E-state index contributed by atoms with van der Waals surface area (Å²) in [4.78, 5) is 0. The Kier molecular flexibility index (Phi) is 5.76. The minimum Gasteiger partial charge on any atom is -0.456 e. The molecule has 0 saturated heterocycles. The average molecular weight is 352 g/mol. The van der Waals surface area contributed by atoms with Crippen LogP contribution in [0.5, 0.6) is 11.5 Å². The van der Waals surface area contributed by atoms with E-state index in [2.05, 4.69) is 41.2 Å². The number of hydrogen-bond acceptors (Lipinski definition) is 2. The Hall–Kier alpha value is -1.39. The Morgan fingerprint density at radius 2 is 1.90 bits per heavy atom. The van der Waals surface area contributed by atoms with Gasteiger partial charge in [-0.05, 0) is 53.2 Å². The van der Waals surface area contributed by atoms with Crippen LogP contribution in [0.2, 0.25) is 0 Å². The lowest BCUT2D eigenvalue weighted by molar-refractivity contribution is 0.449. The van der Waals surface area contributed by atoms with Crippen LogP contribution in [0.3, 0.4) is 0 Å². The van der Waals surface area contributed by atoms with Gasteiger partial charge in [-0.2, -0.15) is 0 Å². The Labute approximate surface area is 133 Å². The fraction of sp³-hybridized carbons (Fsp3) is 0.294. The highest BCUT2D eigenvalue weighted by molar-refractivity contribution is 9.10. The Bertz CT molecular complexity index is 603. The van der Waals surface area contributed by atoms with E-state index >= 15 is 0 Å². The van der Waals surface area contributed by atoms with Gasteiger partial charge in [0.15, 0.2) is 0 Å². The van der Waals surface area contributed by atoms with Crippen molar-refractivity contribution in [3.63, 3.8) is 0 Å². The van der Waals surface area contributed by atoms with Crippen LogP contribution in [0.1, 0.15) is 31.9 Å². The molecule has 0 bridgehead atoms. The molecule has 2 aromatic carbocycles. The summed E-state index contributed by atoms with van der Waals surface area (Å²) in [6.07, 6.45) is 0.971. The highest BCUT2D eigenvalue weighted by atomic mass is 79.9. The molecule has 0 fully saturated rings. The van der Waals surface area contributed by atoms with E-state index in [9.17, 15) is 4.39 Å². The van der Waals surface area contributed by atoms with Gasteiger partial charge in [-0.1, -0.05) is 32.0 Å². The first kappa shape index (κ1) is 16.0. The molecule has 2 nitrogen and oxygen atoms in total. The average Bonchev–Trinajstić information content (AvgIpc) is 2.48.